The van der Waals surface area contributed by atoms with Gasteiger partial charge in [0.25, 0.3) is 0 Å². The zero-order valence-electron chi connectivity index (χ0n) is 19.5. The molecule has 0 unspecified atom stereocenters. The Morgan fingerprint density at radius 3 is 1.47 bits per heavy atom. The minimum Gasteiger partial charge on any atom is -0.496 e. The lowest BCUT2D eigenvalue weighted by Gasteiger charge is -2.11. The third kappa shape index (κ3) is 8.42. The smallest absolute Gasteiger partial charge is 0.313 e. The van der Waals surface area contributed by atoms with Crippen molar-refractivity contribution in [3.8, 4) is 11.5 Å². The zero-order chi connectivity index (χ0) is 25.1. The van der Waals surface area contributed by atoms with Gasteiger partial charge in [-0.3, -0.25) is 9.59 Å². The SMILES string of the molecule is COc1ccc(/C(C)=N\N=C(\C)c2ccc(OC)c(CSCC(=O)O)c2)cc1CSCC(=O)O. The molecule has 0 amide bonds. The Bertz CT molecular complexity index is 1000. The first-order valence-electron chi connectivity index (χ1n) is 10.3. The molecule has 2 aromatic rings. The van der Waals surface area contributed by atoms with Crippen molar-refractivity contribution in [3.63, 3.8) is 0 Å². The van der Waals surface area contributed by atoms with Gasteiger partial charge < -0.3 is 19.7 Å². The molecule has 8 nitrogen and oxygen atoms in total. The van der Waals surface area contributed by atoms with Crippen LogP contribution in [0.1, 0.15) is 36.1 Å². The normalized spacial score (nSPS) is 11.9. The van der Waals surface area contributed by atoms with Crippen molar-refractivity contribution in [1.29, 1.82) is 0 Å². The average molecular weight is 505 g/mol. The highest BCUT2D eigenvalue weighted by Gasteiger charge is 2.10. The lowest BCUT2D eigenvalue weighted by atomic mass is 10.1. The summed E-state index contributed by atoms with van der Waals surface area (Å²) in [6.45, 7) is 3.71. The topological polar surface area (TPSA) is 118 Å². The van der Waals surface area contributed by atoms with Crippen LogP contribution in [0.5, 0.6) is 11.5 Å². The minimum absolute atomic E-state index is 0.0165. The van der Waals surface area contributed by atoms with Gasteiger partial charge in [-0.2, -0.15) is 10.2 Å². The van der Waals surface area contributed by atoms with Crippen molar-refractivity contribution < 1.29 is 29.3 Å². The van der Waals surface area contributed by atoms with Gasteiger partial charge in [0.1, 0.15) is 11.5 Å². The summed E-state index contributed by atoms with van der Waals surface area (Å²) in [7, 11) is 3.16. The molecule has 0 spiro atoms. The van der Waals surface area contributed by atoms with Crippen molar-refractivity contribution in [3.05, 3.63) is 58.7 Å². The molecule has 34 heavy (non-hydrogen) atoms. The number of aliphatic carboxylic acids is 2. The fourth-order valence-electron chi connectivity index (χ4n) is 2.99. The number of carbonyl (C=O) groups is 2. The summed E-state index contributed by atoms with van der Waals surface area (Å²) in [5.41, 5.74) is 4.92. The number of carboxylic acid groups (broad SMARTS) is 2. The molecule has 0 atom stereocenters. The van der Waals surface area contributed by atoms with Crippen LogP contribution in [0, 0.1) is 0 Å². The summed E-state index contributed by atoms with van der Waals surface area (Å²) in [5, 5.41) is 26.5. The van der Waals surface area contributed by atoms with Crippen molar-refractivity contribution in [2.24, 2.45) is 10.2 Å². The Morgan fingerprint density at radius 2 is 1.15 bits per heavy atom. The summed E-state index contributed by atoms with van der Waals surface area (Å²) < 4.78 is 10.8. The van der Waals surface area contributed by atoms with E-state index in [2.05, 4.69) is 10.2 Å². The highest BCUT2D eigenvalue weighted by molar-refractivity contribution is 7.99. The third-order valence-electron chi connectivity index (χ3n) is 4.71. The van der Waals surface area contributed by atoms with Gasteiger partial charge in [0, 0.05) is 22.6 Å². The van der Waals surface area contributed by atoms with E-state index in [9.17, 15) is 9.59 Å². The van der Waals surface area contributed by atoms with E-state index in [0.717, 1.165) is 22.3 Å². The molecule has 2 rings (SSSR count). The average Bonchev–Trinajstić information content (AvgIpc) is 2.81. The predicted molar refractivity (Wildman–Crippen MR) is 138 cm³/mol. The van der Waals surface area contributed by atoms with E-state index in [4.69, 9.17) is 19.7 Å². The first kappa shape index (κ1) is 27.3. The maximum Gasteiger partial charge on any atom is 0.313 e. The molecule has 0 saturated carbocycles. The summed E-state index contributed by atoms with van der Waals surface area (Å²) >= 11 is 2.60. The Balaban J connectivity index is 2.22. The molecule has 182 valence electrons. The first-order chi connectivity index (χ1) is 16.2. The van der Waals surface area contributed by atoms with E-state index in [-0.39, 0.29) is 11.5 Å². The summed E-state index contributed by atoms with van der Waals surface area (Å²) in [4.78, 5) is 21.6. The number of hydrogen-bond donors (Lipinski definition) is 2. The second-order valence-electron chi connectivity index (χ2n) is 7.20. The molecule has 0 aliphatic heterocycles. The molecule has 0 fully saturated rings. The van der Waals surface area contributed by atoms with Gasteiger partial charge in [-0.15, -0.1) is 23.5 Å². The molecule has 0 bridgehead atoms. The van der Waals surface area contributed by atoms with Gasteiger partial charge in [0.05, 0.1) is 37.1 Å². The zero-order valence-corrected chi connectivity index (χ0v) is 21.2. The highest BCUT2D eigenvalue weighted by Crippen LogP contribution is 2.26. The van der Waals surface area contributed by atoms with Crippen LogP contribution in [0.4, 0.5) is 0 Å². The van der Waals surface area contributed by atoms with Crippen LogP contribution in [0.3, 0.4) is 0 Å². The monoisotopic (exact) mass is 504 g/mol. The van der Waals surface area contributed by atoms with E-state index in [0.29, 0.717) is 34.4 Å². The lowest BCUT2D eigenvalue weighted by molar-refractivity contribution is -0.134. The largest absolute Gasteiger partial charge is 0.496 e. The van der Waals surface area contributed by atoms with Crippen molar-refractivity contribution in [1.82, 2.24) is 0 Å². The van der Waals surface area contributed by atoms with Crippen LogP contribution in [0.25, 0.3) is 0 Å². The molecule has 0 aliphatic carbocycles. The van der Waals surface area contributed by atoms with Gasteiger partial charge in [-0.1, -0.05) is 0 Å². The summed E-state index contributed by atoms with van der Waals surface area (Å²) in [5.74, 6) is 0.724. The van der Waals surface area contributed by atoms with Gasteiger partial charge in [0.2, 0.25) is 0 Å². The molecular weight excluding hydrogens is 476 g/mol. The Morgan fingerprint density at radius 1 is 0.765 bits per heavy atom. The minimum atomic E-state index is -0.857. The molecule has 2 N–H and O–H groups in total. The molecule has 10 heteroatoms. The Hall–Kier alpha value is -2.98. The number of carboxylic acids is 2. The molecule has 0 radical (unpaired) electrons. The quantitative estimate of drug-likeness (QED) is 0.301. The highest BCUT2D eigenvalue weighted by atomic mass is 32.2. The molecule has 0 aliphatic rings. The van der Waals surface area contributed by atoms with E-state index < -0.39 is 11.9 Å². The van der Waals surface area contributed by atoms with Crippen LogP contribution in [0.15, 0.2) is 46.6 Å². The van der Waals surface area contributed by atoms with Crippen LogP contribution in [-0.4, -0.2) is 59.3 Å². The number of nitrogens with zero attached hydrogens (tertiary/aromatic N) is 2. The third-order valence-corrected chi connectivity index (χ3v) is 6.64. The molecule has 2 aromatic carbocycles. The lowest BCUT2D eigenvalue weighted by Crippen LogP contribution is -2.02. The van der Waals surface area contributed by atoms with Crippen molar-refractivity contribution in [2.75, 3.05) is 25.7 Å². The number of methoxy groups -OCH3 is 2. The van der Waals surface area contributed by atoms with E-state index in [1.165, 1.54) is 23.5 Å². The fourth-order valence-corrected chi connectivity index (χ4v) is 4.44. The molecule has 0 aromatic heterocycles. The number of hydrogen-bond acceptors (Lipinski definition) is 8. The van der Waals surface area contributed by atoms with Gasteiger partial charge in [0.15, 0.2) is 0 Å². The van der Waals surface area contributed by atoms with Crippen molar-refractivity contribution >= 4 is 46.9 Å². The first-order valence-corrected chi connectivity index (χ1v) is 12.6. The summed E-state index contributed by atoms with van der Waals surface area (Å²) in [6.07, 6.45) is 0. The van der Waals surface area contributed by atoms with Crippen LogP contribution < -0.4 is 9.47 Å². The standard InChI is InChI=1S/C24H28N2O6S2/c1-15(17-5-7-21(31-3)19(9-17)11-33-13-23(27)28)25-26-16(2)18-6-8-22(32-4)20(10-18)12-34-14-24(29)30/h5-10H,11-14H2,1-4H3,(H,27,28)(H,29,30)/b25-15-,26-16-. The second-order valence-corrected chi connectivity index (χ2v) is 9.17. The van der Waals surface area contributed by atoms with Crippen LogP contribution in [0.2, 0.25) is 0 Å². The fraction of sp³-hybridized carbons (Fsp3) is 0.333. The van der Waals surface area contributed by atoms with Gasteiger partial charge in [-0.05, 0) is 61.4 Å². The maximum atomic E-state index is 10.8. The number of benzene rings is 2. The Kier molecular flexibility index (Phi) is 11.0. The number of thioether (sulfide) groups is 2. The molecular formula is C24H28N2O6S2. The van der Waals surface area contributed by atoms with Crippen LogP contribution in [-0.2, 0) is 21.1 Å². The van der Waals surface area contributed by atoms with Gasteiger partial charge in [-0.25, -0.2) is 0 Å². The van der Waals surface area contributed by atoms with Crippen LogP contribution >= 0.6 is 23.5 Å². The number of rotatable bonds is 13. The molecule has 0 heterocycles. The number of ether oxygens (including phenoxy) is 2. The van der Waals surface area contributed by atoms with Crippen molar-refractivity contribution in [2.45, 2.75) is 25.4 Å². The Labute approximate surface area is 207 Å². The van der Waals surface area contributed by atoms with Gasteiger partial charge >= 0.3 is 11.9 Å². The molecule has 0 saturated heterocycles. The second kappa shape index (κ2) is 13.7. The van der Waals surface area contributed by atoms with E-state index in [1.54, 1.807) is 14.2 Å². The van der Waals surface area contributed by atoms with E-state index >= 15 is 0 Å². The predicted octanol–water partition coefficient (Wildman–Crippen LogP) is 4.57. The maximum absolute atomic E-state index is 10.8. The van der Waals surface area contributed by atoms with E-state index in [1.807, 2.05) is 50.2 Å². The summed E-state index contributed by atoms with van der Waals surface area (Å²) in [6, 6.07) is 11.3.